The van der Waals surface area contributed by atoms with Crippen molar-refractivity contribution in [2.75, 3.05) is 12.0 Å². The number of fused-ring (bicyclic) bond motifs is 2. The van der Waals surface area contributed by atoms with Crippen molar-refractivity contribution in [1.82, 2.24) is 10.4 Å². The van der Waals surface area contributed by atoms with Crippen molar-refractivity contribution in [2.45, 2.75) is 38.6 Å². The summed E-state index contributed by atoms with van der Waals surface area (Å²) in [6, 6.07) is 19.4. The number of carbonyl (C=O) groups excluding carboxylic acids is 3. The van der Waals surface area contributed by atoms with Gasteiger partial charge in [0.15, 0.2) is 11.5 Å². The summed E-state index contributed by atoms with van der Waals surface area (Å²) >= 11 is 0. The number of rotatable bonds is 7. The van der Waals surface area contributed by atoms with Gasteiger partial charge in [-0.2, -0.15) is 0 Å². The summed E-state index contributed by atoms with van der Waals surface area (Å²) in [6.07, 6.45) is 0.728. The molecule has 9 heteroatoms. The van der Waals surface area contributed by atoms with Gasteiger partial charge in [-0.15, -0.1) is 0 Å². The van der Waals surface area contributed by atoms with E-state index >= 15 is 0 Å². The van der Waals surface area contributed by atoms with Crippen LogP contribution in [0.2, 0.25) is 0 Å². The zero-order valence-corrected chi connectivity index (χ0v) is 20.3. The molecule has 2 heterocycles. The normalized spacial score (nSPS) is 16.6. The fraction of sp³-hybridized carbons (Fsp3) is 0.250. The smallest absolute Gasteiger partial charge is 0.274 e. The highest BCUT2D eigenvalue weighted by atomic mass is 16.5. The number of ether oxygens (including phenoxy) is 2. The van der Waals surface area contributed by atoms with Crippen LogP contribution >= 0.6 is 0 Å². The van der Waals surface area contributed by atoms with E-state index in [2.05, 4.69) is 0 Å². The fourth-order valence-electron chi connectivity index (χ4n) is 4.92. The van der Waals surface area contributed by atoms with E-state index in [1.807, 2.05) is 36.4 Å². The van der Waals surface area contributed by atoms with Crippen molar-refractivity contribution < 1.29 is 29.1 Å². The maximum Gasteiger partial charge on any atom is 0.274 e. The van der Waals surface area contributed by atoms with Crippen LogP contribution in [0.1, 0.15) is 39.9 Å². The molecule has 3 aromatic carbocycles. The second kappa shape index (κ2) is 10.3. The van der Waals surface area contributed by atoms with Crippen molar-refractivity contribution in [3.05, 3.63) is 89.0 Å². The van der Waals surface area contributed by atoms with Crippen molar-refractivity contribution in [3.8, 4) is 11.5 Å². The first-order chi connectivity index (χ1) is 18.0. The maximum atomic E-state index is 13.8. The molecule has 2 aliphatic heterocycles. The Hall–Kier alpha value is -4.37. The van der Waals surface area contributed by atoms with Crippen molar-refractivity contribution in [1.29, 1.82) is 0 Å². The zero-order chi connectivity index (χ0) is 25.9. The van der Waals surface area contributed by atoms with E-state index in [0.717, 1.165) is 11.1 Å². The highest BCUT2D eigenvalue weighted by Crippen LogP contribution is 2.41. The van der Waals surface area contributed by atoms with Gasteiger partial charge in [0.2, 0.25) is 11.8 Å². The Labute approximate surface area is 214 Å². The molecule has 1 atom stereocenters. The third-order valence-corrected chi connectivity index (χ3v) is 6.80. The first-order valence-corrected chi connectivity index (χ1v) is 12.0. The molecule has 3 aromatic rings. The molecule has 1 saturated heterocycles. The summed E-state index contributed by atoms with van der Waals surface area (Å²) in [6.45, 7) is 0.653. The van der Waals surface area contributed by atoms with E-state index in [9.17, 15) is 19.6 Å². The van der Waals surface area contributed by atoms with Gasteiger partial charge in [-0.3, -0.25) is 19.6 Å². The number of nitrogens with one attached hydrogen (secondary N) is 1. The Bertz CT molecular complexity index is 1340. The lowest BCUT2D eigenvalue weighted by molar-refractivity contribution is -0.134. The van der Waals surface area contributed by atoms with Crippen LogP contribution in [0.4, 0.5) is 5.69 Å². The number of carbonyl (C=O) groups is 3. The number of benzene rings is 3. The minimum absolute atomic E-state index is 0.0708. The van der Waals surface area contributed by atoms with Gasteiger partial charge in [0.25, 0.3) is 5.91 Å². The first kappa shape index (κ1) is 24.3. The second-order valence-electron chi connectivity index (χ2n) is 9.00. The number of methoxy groups -OCH3 is 1. The number of nitrogens with zero attached hydrogens (tertiary/aromatic N) is 2. The van der Waals surface area contributed by atoms with Crippen LogP contribution in [-0.4, -0.2) is 41.0 Å². The lowest BCUT2D eigenvalue weighted by Gasteiger charge is -2.27. The lowest BCUT2D eigenvalue weighted by Crippen LogP contribution is -2.44. The minimum atomic E-state index is -0.669. The molecular weight excluding hydrogens is 474 g/mol. The van der Waals surface area contributed by atoms with Crippen LogP contribution in [0, 0.1) is 0 Å². The standard InChI is InChI=1S/C28H27N3O6/c1-36-24-14-23-20(13-25(24)37-17-18-7-3-2-4-8-18)16-30-22(11-12-26(30)32)28(34)31(23)15-19-9-5-6-10-21(19)27(33)29-35/h2-10,13-14,22,35H,11-12,15-17H2,1H3,(H,29,33)/t22-/m0/s1. The van der Waals surface area contributed by atoms with Crippen LogP contribution in [0.15, 0.2) is 66.7 Å². The molecule has 0 spiro atoms. The number of amides is 3. The average molecular weight is 502 g/mol. The average Bonchev–Trinajstić information content (AvgIpc) is 3.25. The van der Waals surface area contributed by atoms with E-state index in [1.54, 1.807) is 45.6 Å². The lowest BCUT2D eigenvalue weighted by atomic mass is 10.0. The Balaban J connectivity index is 1.56. The quantitative estimate of drug-likeness (QED) is 0.379. The summed E-state index contributed by atoms with van der Waals surface area (Å²) in [5.74, 6) is -0.0273. The van der Waals surface area contributed by atoms with Crippen LogP contribution in [0.3, 0.4) is 0 Å². The van der Waals surface area contributed by atoms with Gasteiger partial charge >= 0.3 is 0 Å². The van der Waals surface area contributed by atoms with Crippen LogP contribution in [0.5, 0.6) is 11.5 Å². The molecule has 190 valence electrons. The van der Waals surface area contributed by atoms with Gasteiger partial charge in [-0.05, 0) is 35.2 Å². The predicted octanol–water partition coefficient (Wildman–Crippen LogP) is 3.43. The molecule has 3 amide bonds. The summed E-state index contributed by atoms with van der Waals surface area (Å²) in [5, 5.41) is 9.20. The van der Waals surface area contributed by atoms with Gasteiger partial charge in [0.1, 0.15) is 12.6 Å². The van der Waals surface area contributed by atoms with Crippen LogP contribution < -0.4 is 19.9 Å². The van der Waals surface area contributed by atoms with Crippen molar-refractivity contribution >= 4 is 23.4 Å². The third-order valence-electron chi connectivity index (χ3n) is 6.80. The molecular formula is C28H27N3O6. The molecule has 0 radical (unpaired) electrons. The molecule has 0 saturated carbocycles. The van der Waals surface area contributed by atoms with E-state index in [-0.39, 0.29) is 30.5 Å². The molecule has 0 bridgehead atoms. The van der Waals surface area contributed by atoms with Crippen molar-refractivity contribution in [2.24, 2.45) is 0 Å². The molecule has 0 aliphatic carbocycles. The Morgan fingerprint density at radius 2 is 1.81 bits per heavy atom. The molecule has 0 aromatic heterocycles. The number of anilines is 1. The van der Waals surface area contributed by atoms with Gasteiger partial charge < -0.3 is 19.3 Å². The molecule has 2 N–H and O–H groups in total. The van der Waals surface area contributed by atoms with Crippen LogP contribution in [-0.2, 0) is 29.3 Å². The Kier molecular flexibility index (Phi) is 6.78. The van der Waals surface area contributed by atoms with E-state index in [1.165, 1.54) is 7.11 Å². The summed E-state index contributed by atoms with van der Waals surface area (Å²) in [5.41, 5.74) is 4.77. The Morgan fingerprint density at radius 1 is 1.05 bits per heavy atom. The van der Waals surface area contributed by atoms with Crippen molar-refractivity contribution in [3.63, 3.8) is 0 Å². The number of hydroxylamine groups is 1. The third kappa shape index (κ3) is 4.73. The van der Waals surface area contributed by atoms with E-state index in [0.29, 0.717) is 42.2 Å². The number of hydrogen-bond donors (Lipinski definition) is 2. The highest BCUT2D eigenvalue weighted by Gasteiger charge is 2.42. The zero-order valence-electron chi connectivity index (χ0n) is 20.3. The number of hydrogen-bond acceptors (Lipinski definition) is 6. The van der Waals surface area contributed by atoms with Gasteiger partial charge in [0, 0.05) is 24.6 Å². The minimum Gasteiger partial charge on any atom is -0.493 e. The predicted molar refractivity (Wildman–Crippen MR) is 134 cm³/mol. The molecule has 5 rings (SSSR count). The molecule has 9 nitrogen and oxygen atoms in total. The summed E-state index contributed by atoms with van der Waals surface area (Å²) in [4.78, 5) is 42.0. The maximum absolute atomic E-state index is 13.8. The molecule has 2 aliphatic rings. The van der Waals surface area contributed by atoms with E-state index < -0.39 is 11.9 Å². The SMILES string of the molecule is COc1cc2c(cc1OCc1ccccc1)CN1C(=O)CC[C@H]1C(=O)N2Cc1ccccc1C(=O)NO. The molecule has 0 unspecified atom stereocenters. The van der Waals surface area contributed by atoms with Gasteiger partial charge in [-0.25, -0.2) is 5.48 Å². The first-order valence-electron chi connectivity index (χ1n) is 12.0. The summed E-state index contributed by atoms with van der Waals surface area (Å²) in [7, 11) is 1.53. The van der Waals surface area contributed by atoms with Gasteiger partial charge in [0.05, 0.1) is 19.3 Å². The topological polar surface area (TPSA) is 108 Å². The molecule has 37 heavy (non-hydrogen) atoms. The van der Waals surface area contributed by atoms with Crippen LogP contribution in [0.25, 0.3) is 0 Å². The second-order valence-corrected chi connectivity index (χ2v) is 9.00. The Morgan fingerprint density at radius 3 is 2.57 bits per heavy atom. The summed E-state index contributed by atoms with van der Waals surface area (Å²) < 4.78 is 11.7. The fourth-order valence-corrected chi connectivity index (χ4v) is 4.92. The molecule has 1 fully saturated rings. The highest BCUT2D eigenvalue weighted by molar-refractivity contribution is 6.03. The largest absolute Gasteiger partial charge is 0.493 e. The van der Waals surface area contributed by atoms with Gasteiger partial charge in [-0.1, -0.05) is 48.5 Å². The van der Waals surface area contributed by atoms with E-state index in [4.69, 9.17) is 9.47 Å². The monoisotopic (exact) mass is 501 g/mol.